The third kappa shape index (κ3) is 2.33. The lowest BCUT2D eigenvalue weighted by atomic mass is 9.77. The third-order valence-electron chi connectivity index (χ3n) is 5.66. The maximum Gasteiger partial charge on any atom is 0.246 e. The molecule has 1 spiro atoms. The highest BCUT2D eigenvalue weighted by Crippen LogP contribution is 2.43. The molecule has 128 valence electrons. The molecule has 1 fully saturated rings. The fraction of sp³-hybridized carbons (Fsp3) is 0.444. The molecule has 0 saturated carbocycles. The number of nitrogens with zero attached hydrogens (tertiary/aromatic N) is 5. The summed E-state index contributed by atoms with van der Waals surface area (Å²) in [5, 5.41) is 16.2. The van der Waals surface area contributed by atoms with Crippen LogP contribution in [0, 0.1) is 0 Å². The molecule has 25 heavy (non-hydrogen) atoms. The Morgan fingerprint density at radius 3 is 2.80 bits per heavy atom. The van der Waals surface area contributed by atoms with Gasteiger partial charge in [0.05, 0.1) is 6.20 Å². The maximum atomic E-state index is 12.8. The molecule has 5 rings (SSSR count). The highest BCUT2D eigenvalue weighted by atomic mass is 16.2. The number of rotatable bonds is 2. The zero-order valence-corrected chi connectivity index (χ0v) is 14.0. The molecule has 1 aliphatic carbocycles. The molecule has 2 aromatic heterocycles. The summed E-state index contributed by atoms with van der Waals surface area (Å²) in [4.78, 5) is 16.3. The third-order valence-corrected chi connectivity index (χ3v) is 5.66. The second kappa shape index (κ2) is 5.40. The lowest BCUT2D eigenvalue weighted by Gasteiger charge is -2.40. The molecule has 1 N–H and O–H groups in total. The number of hydrogen-bond donors (Lipinski definition) is 1. The van der Waals surface area contributed by atoms with E-state index in [-0.39, 0.29) is 17.9 Å². The predicted molar refractivity (Wildman–Crippen MR) is 91.9 cm³/mol. The summed E-state index contributed by atoms with van der Waals surface area (Å²) in [6.07, 6.45) is 6.24. The van der Waals surface area contributed by atoms with E-state index in [9.17, 15) is 4.79 Å². The number of aromatic nitrogens is 5. The average Bonchev–Trinajstić information content (AvgIpc) is 3.32. The molecule has 1 aromatic carbocycles. The topological polar surface area (TPSA) is 79.7 Å². The van der Waals surface area contributed by atoms with Crippen molar-refractivity contribution in [3.8, 4) is 0 Å². The van der Waals surface area contributed by atoms with Crippen LogP contribution >= 0.6 is 0 Å². The number of carbonyl (C=O) groups is 1. The van der Waals surface area contributed by atoms with E-state index in [1.54, 1.807) is 0 Å². The first kappa shape index (κ1) is 14.6. The first-order valence-electron chi connectivity index (χ1n) is 8.84. The van der Waals surface area contributed by atoms with Crippen molar-refractivity contribution in [2.24, 2.45) is 0 Å². The molecule has 1 atom stereocenters. The highest BCUT2D eigenvalue weighted by molar-refractivity contribution is 5.77. The Hall–Kier alpha value is -2.70. The molecule has 0 radical (unpaired) electrons. The summed E-state index contributed by atoms with van der Waals surface area (Å²) in [6, 6.07) is 7.69. The van der Waals surface area contributed by atoms with Crippen LogP contribution in [0.2, 0.25) is 0 Å². The van der Waals surface area contributed by atoms with Gasteiger partial charge in [-0.25, -0.2) is 0 Å². The Bertz CT molecular complexity index is 911. The predicted octanol–water partition coefficient (Wildman–Crippen LogP) is 1.66. The zero-order chi connectivity index (χ0) is 16.9. The minimum atomic E-state index is 0.0575. The van der Waals surface area contributed by atoms with Crippen molar-refractivity contribution in [2.75, 3.05) is 13.1 Å². The van der Waals surface area contributed by atoms with Crippen LogP contribution in [-0.2, 0) is 23.2 Å². The molecule has 7 nitrogen and oxygen atoms in total. The minimum Gasteiger partial charge on any atom is -0.340 e. The maximum absolute atomic E-state index is 12.8. The molecule has 1 unspecified atom stereocenters. The fourth-order valence-corrected chi connectivity index (χ4v) is 4.41. The quantitative estimate of drug-likeness (QED) is 0.772. The lowest BCUT2D eigenvalue weighted by Crippen LogP contribution is -2.48. The van der Waals surface area contributed by atoms with Crippen molar-refractivity contribution in [1.82, 2.24) is 30.1 Å². The summed E-state index contributed by atoms with van der Waals surface area (Å²) < 4.78 is 0. The van der Waals surface area contributed by atoms with Crippen molar-refractivity contribution in [3.63, 3.8) is 0 Å². The first-order chi connectivity index (χ1) is 12.2. The number of nitrogens with one attached hydrogen (secondary N) is 1. The minimum absolute atomic E-state index is 0.0575. The van der Waals surface area contributed by atoms with Gasteiger partial charge >= 0.3 is 0 Å². The number of likely N-dealkylation sites (tertiary alicyclic amines) is 1. The summed E-state index contributed by atoms with van der Waals surface area (Å²) in [5.41, 5.74) is 4.26. The van der Waals surface area contributed by atoms with Crippen LogP contribution in [0.15, 0.2) is 30.5 Å². The van der Waals surface area contributed by atoms with Crippen LogP contribution in [0.5, 0.6) is 0 Å². The smallest absolute Gasteiger partial charge is 0.246 e. The normalized spacial score (nSPS) is 22.6. The van der Waals surface area contributed by atoms with Crippen molar-refractivity contribution in [3.05, 3.63) is 41.7 Å². The summed E-state index contributed by atoms with van der Waals surface area (Å²) in [5.74, 6) is 0.0901. The molecule has 3 aromatic rings. The monoisotopic (exact) mass is 336 g/mol. The molecule has 1 aliphatic heterocycles. The average molecular weight is 336 g/mol. The highest BCUT2D eigenvalue weighted by Gasteiger charge is 2.44. The van der Waals surface area contributed by atoms with Gasteiger partial charge in [0.15, 0.2) is 0 Å². The van der Waals surface area contributed by atoms with E-state index in [1.807, 2.05) is 35.4 Å². The Kier molecular flexibility index (Phi) is 3.16. The number of piperidine rings is 1. The van der Waals surface area contributed by atoms with Gasteiger partial charge in [0, 0.05) is 24.2 Å². The number of benzene rings is 1. The molecule has 1 amide bonds. The van der Waals surface area contributed by atoms with Gasteiger partial charge < -0.3 is 4.90 Å². The Morgan fingerprint density at radius 2 is 2.00 bits per heavy atom. The molecular weight excluding hydrogens is 316 g/mol. The van der Waals surface area contributed by atoms with Gasteiger partial charge in [0.25, 0.3) is 0 Å². The van der Waals surface area contributed by atoms with Gasteiger partial charge in [0.2, 0.25) is 5.91 Å². The van der Waals surface area contributed by atoms with E-state index in [1.165, 1.54) is 16.1 Å². The molecular formula is C18H20N6O. The van der Waals surface area contributed by atoms with Crippen LogP contribution in [0.4, 0.5) is 0 Å². The lowest BCUT2D eigenvalue weighted by molar-refractivity contribution is -0.134. The van der Waals surface area contributed by atoms with E-state index >= 15 is 0 Å². The van der Waals surface area contributed by atoms with Gasteiger partial charge in [-0.2, -0.15) is 20.1 Å². The molecule has 7 heteroatoms. The van der Waals surface area contributed by atoms with E-state index in [2.05, 4.69) is 20.4 Å². The van der Waals surface area contributed by atoms with Gasteiger partial charge in [-0.1, -0.05) is 12.1 Å². The number of amides is 1. The number of H-pyrrole nitrogens is 1. The van der Waals surface area contributed by atoms with Crippen LogP contribution in [0.25, 0.3) is 11.0 Å². The van der Waals surface area contributed by atoms with Gasteiger partial charge in [-0.15, -0.1) is 0 Å². The largest absolute Gasteiger partial charge is 0.340 e. The van der Waals surface area contributed by atoms with Gasteiger partial charge in [-0.05, 0) is 43.4 Å². The SMILES string of the molecule is O=C(Cn1nc2ccccc2n1)N1CCCC2(CCc3cn[nH]c32)C1. The summed E-state index contributed by atoms with van der Waals surface area (Å²) in [6.45, 7) is 1.77. The Morgan fingerprint density at radius 1 is 1.20 bits per heavy atom. The van der Waals surface area contributed by atoms with Gasteiger partial charge in [0.1, 0.15) is 17.6 Å². The number of aryl methyl sites for hydroxylation is 1. The second-order valence-electron chi connectivity index (χ2n) is 7.19. The van der Waals surface area contributed by atoms with E-state index in [4.69, 9.17) is 0 Å². The van der Waals surface area contributed by atoms with Crippen LogP contribution < -0.4 is 0 Å². The second-order valence-corrected chi connectivity index (χ2v) is 7.19. The first-order valence-corrected chi connectivity index (χ1v) is 8.84. The number of fused-ring (bicyclic) bond motifs is 3. The van der Waals surface area contributed by atoms with Gasteiger partial charge in [-0.3, -0.25) is 9.89 Å². The van der Waals surface area contributed by atoms with Crippen LogP contribution in [-0.4, -0.2) is 49.1 Å². The van der Waals surface area contributed by atoms with Crippen molar-refractivity contribution in [2.45, 2.75) is 37.6 Å². The van der Waals surface area contributed by atoms with E-state index in [0.29, 0.717) is 0 Å². The Labute approximate surface area is 145 Å². The number of aromatic amines is 1. The fourth-order valence-electron chi connectivity index (χ4n) is 4.41. The Balaban J connectivity index is 1.35. The van der Waals surface area contributed by atoms with Crippen molar-refractivity contribution in [1.29, 1.82) is 0 Å². The summed E-state index contributed by atoms with van der Waals surface area (Å²) in [7, 11) is 0. The van der Waals surface area contributed by atoms with E-state index < -0.39 is 0 Å². The standard InChI is InChI=1S/C18H20N6O/c25-16(11-24-21-14-4-1-2-5-15(14)22-24)23-9-3-7-18(12-23)8-6-13-10-19-20-17(13)18/h1-2,4-5,10H,3,6-9,11-12H2,(H,19,20). The van der Waals surface area contributed by atoms with Crippen LogP contribution in [0.3, 0.4) is 0 Å². The number of hydrogen-bond acceptors (Lipinski definition) is 4. The molecule has 0 bridgehead atoms. The molecule has 2 aliphatic rings. The zero-order valence-electron chi connectivity index (χ0n) is 14.0. The molecule has 1 saturated heterocycles. The number of carbonyl (C=O) groups excluding carboxylic acids is 1. The van der Waals surface area contributed by atoms with Crippen molar-refractivity contribution >= 4 is 16.9 Å². The van der Waals surface area contributed by atoms with Crippen LogP contribution in [0.1, 0.15) is 30.5 Å². The van der Waals surface area contributed by atoms with Crippen molar-refractivity contribution < 1.29 is 4.79 Å². The molecule has 3 heterocycles. The summed E-state index contributed by atoms with van der Waals surface area (Å²) >= 11 is 0. The van der Waals surface area contributed by atoms with E-state index in [0.717, 1.165) is 49.8 Å².